The average molecular weight is 220 g/mol. The van der Waals surface area contributed by atoms with Crippen molar-refractivity contribution < 1.29 is 9.22 Å². The van der Waals surface area contributed by atoms with E-state index in [1.165, 1.54) is 11.8 Å². The second-order valence-corrected chi connectivity index (χ2v) is 9.72. The van der Waals surface area contributed by atoms with Gasteiger partial charge < -0.3 is 4.43 Å². The molecule has 0 unspecified atom stereocenters. The lowest BCUT2D eigenvalue weighted by atomic mass is 10.3. The summed E-state index contributed by atoms with van der Waals surface area (Å²) in [5, 5.41) is 0.178. The molecule has 0 aliphatic heterocycles. The van der Waals surface area contributed by atoms with E-state index in [1.807, 2.05) is 0 Å². The first-order chi connectivity index (χ1) is 5.85. The third-order valence-corrected chi connectivity index (χ3v) is 3.43. The second-order valence-electron chi connectivity index (χ2n) is 4.06. The summed E-state index contributed by atoms with van der Waals surface area (Å²) in [4.78, 5) is 10.7. The van der Waals surface area contributed by atoms with Gasteiger partial charge in [-0.15, -0.1) is 0 Å². The summed E-state index contributed by atoms with van der Waals surface area (Å²) in [6.45, 7) is 10.2. The minimum atomic E-state index is -1.44. The Hall–Kier alpha value is 0.197. The van der Waals surface area contributed by atoms with Crippen LogP contribution in [-0.2, 0) is 9.22 Å². The first-order valence-electron chi connectivity index (χ1n) is 4.66. The number of rotatable bonds is 5. The Morgan fingerprint density at radius 3 is 2.31 bits per heavy atom. The lowest BCUT2D eigenvalue weighted by Crippen LogP contribution is -2.33. The van der Waals surface area contributed by atoms with Crippen molar-refractivity contribution in [1.82, 2.24) is 0 Å². The molecule has 0 saturated heterocycles. The van der Waals surface area contributed by atoms with E-state index >= 15 is 0 Å². The number of thioether (sulfide) groups is 1. The van der Waals surface area contributed by atoms with Gasteiger partial charge >= 0.3 is 0 Å². The fourth-order valence-electron chi connectivity index (χ4n) is 0.946. The van der Waals surface area contributed by atoms with Gasteiger partial charge in [-0.1, -0.05) is 18.7 Å². The molecule has 0 fully saturated rings. The Kier molecular flexibility index (Phi) is 5.92. The summed E-state index contributed by atoms with van der Waals surface area (Å²) in [6, 6.07) is 0. The van der Waals surface area contributed by atoms with Crippen molar-refractivity contribution in [3.05, 3.63) is 0 Å². The highest BCUT2D eigenvalue weighted by Crippen LogP contribution is 2.15. The predicted octanol–water partition coefficient (Wildman–Crippen LogP) is 2.90. The van der Waals surface area contributed by atoms with E-state index in [0.29, 0.717) is 0 Å². The van der Waals surface area contributed by atoms with Crippen LogP contribution in [0.3, 0.4) is 0 Å². The topological polar surface area (TPSA) is 26.3 Å². The molecule has 0 aromatic heterocycles. The molecule has 0 heterocycles. The maximum absolute atomic E-state index is 10.7. The first-order valence-corrected chi connectivity index (χ1v) is 9.05. The van der Waals surface area contributed by atoms with Crippen LogP contribution < -0.4 is 0 Å². The summed E-state index contributed by atoms with van der Waals surface area (Å²) in [7, 11) is -1.44. The van der Waals surface area contributed by atoms with Crippen molar-refractivity contribution in [3.63, 3.8) is 0 Å². The normalized spacial score (nSPS) is 14.2. The average Bonchev–Trinajstić information content (AvgIpc) is 1.95. The standard InChI is InChI=1S/C9H20O2SSi/c1-6-9(7-12-8(2)10)11-13(3,4)5/h9H,6-7H2,1-5H3/t9-/m0/s1. The van der Waals surface area contributed by atoms with Crippen LogP contribution in [0.1, 0.15) is 20.3 Å². The molecule has 13 heavy (non-hydrogen) atoms. The highest BCUT2D eigenvalue weighted by atomic mass is 32.2. The summed E-state index contributed by atoms with van der Waals surface area (Å²) in [6.07, 6.45) is 1.24. The number of hydrogen-bond donors (Lipinski definition) is 0. The van der Waals surface area contributed by atoms with Crippen molar-refractivity contribution in [3.8, 4) is 0 Å². The molecule has 0 bridgehead atoms. The van der Waals surface area contributed by atoms with E-state index in [2.05, 4.69) is 26.6 Å². The lowest BCUT2D eigenvalue weighted by Gasteiger charge is -2.24. The third-order valence-electron chi connectivity index (χ3n) is 1.45. The monoisotopic (exact) mass is 220 g/mol. The molecule has 0 aromatic carbocycles. The molecule has 1 atom stereocenters. The van der Waals surface area contributed by atoms with Gasteiger partial charge in [-0.25, -0.2) is 0 Å². The molecule has 0 saturated carbocycles. The van der Waals surface area contributed by atoms with Gasteiger partial charge in [0.2, 0.25) is 0 Å². The van der Waals surface area contributed by atoms with Gasteiger partial charge in [-0.2, -0.15) is 0 Å². The molecule has 0 rings (SSSR count). The Labute approximate surface area is 86.6 Å². The largest absolute Gasteiger partial charge is 0.414 e. The smallest absolute Gasteiger partial charge is 0.185 e. The van der Waals surface area contributed by atoms with Crippen LogP contribution in [0, 0.1) is 0 Å². The van der Waals surface area contributed by atoms with Gasteiger partial charge in [0, 0.05) is 12.7 Å². The molecule has 0 N–H and O–H groups in total. The fourth-order valence-corrected chi connectivity index (χ4v) is 3.04. The van der Waals surface area contributed by atoms with Crippen molar-refractivity contribution in [2.24, 2.45) is 0 Å². The van der Waals surface area contributed by atoms with E-state index in [4.69, 9.17) is 4.43 Å². The molecule has 4 heteroatoms. The van der Waals surface area contributed by atoms with Crippen LogP contribution >= 0.6 is 11.8 Å². The van der Waals surface area contributed by atoms with Crippen LogP contribution in [0.15, 0.2) is 0 Å². The zero-order chi connectivity index (χ0) is 10.5. The zero-order valence-electron chi connectivity index (χ0n) is 9.22. The Bertz CT molecular complexity index is 165. The molecule has 0 aliphatic carbocycles. The molecule has 0 amide bonds. The molecule has 78 valence electrons. The van der Waals surface area contributed by atoms with Gasteiger partial charge in [0.05, 0.1) is 6.10 Å². The Morgan fingerprint density at radius 2 is 2.00 bits per heavy atom. The van der Waals surface area contributed by atoms with Crippen LogP contribution in [0.25, 0.3) is 0 Å². The van der Waals surface area contributed by atoms with Crippen LogP contribution in [0.2, 0.25) is 19.6 Å². The van der Waals surface area contributed by atoms with Crippen molar-refractivity contribution >= 4 is 25.2 Å². The molecular formula is C9H20O2SSi. The number of hydrogen-bond acceptors (Lipinski definition) is 3. The Balaban J connectivity index is 3.83. The summed E-state index contributed by atoms with van der Waals surface area (Å²) in [5.41, 5.74) is 0. The SMILES string of the molecule is CC[C@@H](CSC(C)=O)O[Si](C)(C)C. The summed E-state index contributed by atoms with van der Waals surface area (Å²) < 4.78 is 5.90. The predicted molar refractivity (Wildman–Crippen MR) is 61.6 cm³/mol. The van der Waals surface area contributed by atoms with Crippen molar-refractivity contribution in [2.45, 2.75) is 46.0 Å². The van der Waals surface area contributed by atoms with Crippen LogP contribution in [0.5, 0.6) is 0 Å². The molecule has 0 radical (unpaired) electrons. The maximum atomic E-state index is 10.7. The second kappa shape index (κ2) is 5.83. The van der Waals surface area contributed by atoms with Gasteiger partial charge in [-0.05, 0) is 26.1 Å². The number of carbonyl (C=O) groups excluding carboxylic acids is 1. The highest BCUT2D eigenvalue weighted by Gasteiger charge is 2.20. The maximum Gasteiger partial charge on any atom is 0.185 e. The van der Waals surface area contributed by atoms with Crippen molar-refractivity contribution in [2.75, 3.05) is 5.75 Å². The third kappa shape index (κ3) is 8.52. The van der Waals surface area contributed by atoms with Gasteiger partial charge in [0.1, 0.15) is 0 Å². The fraction of sp³-hybridized carbons (Fsp3) is 0.889. The first kappa shape index (κ1) is 13.2. The molecule has 0 aliphatic rings. The van der Waals surface area contributed by atoms with E-state index in [9.17, 15) is 4.79 Å². The Morgan fingerprint density at radius 1 is 1.46 bits per heavy atom. The summed E-state index contributed by atoms with van der Waals surface area (Å²) in [5.74, 6) is 0.802. The van der Waals surface area contributed by atoms with Gasteiger partial charge in [0.15, 0.2) is 13.4 Å². The van der Waals surface area contributed by atoms with E-state index in [1.54, 1.807) is 6.92 Å². The molecule has 0 spiro atoms. The van der Waals surface area contributed by atoms with Crippen molar-refractivity contribution in [1.29, 1.82) is 0 Å². The highest BCUT2D eigenvalue weighted by molar-refractivity contribution is 8.13. The van der Waals surface area contributed by atoms with Gasteiger partial charge in [-0.3, -0.25) is 4.79 Å². The lowest BCUT2D eigenvalue weighted by molar-refractivity contribution is -0.109. The quantitative estimate of drug-likeness (QED) is 0.666. The number of carbonyl (C=O) groups is 1. The zero-order valence-corrected chi connectivity index (χ0v) is 11.0. The van der Waals surface area contributed by atoms with E-state index in [-0.39, 0.29) is 11.2 Å². The van der Waals surface area contributed by atoms with E-state index in [0.717, 1.165) is 12.2 Å². The van der Waals surface area contributed by atoms with Gasteiger partial charge in [0.25, 0.3) is 0 Å². The van der Waals surface area contributed by atoms with Crippen LogP contribution in [-0.4, -0.2) is 25.3 Å². The molecule has 2 nitrogen and oxygen atoms in total. The minimum Gasteiger partial charge on any atom is -0.414 e. The molecule has 0 aromatic rings. The van der Waals surface area contributed by atoms with E-state index < -0.39 is 8.32 Å². The minimum absolute atomic E-state index is 0.178. The summed E-state index contributed by atoms with van der Waals surface area (Å²) >= 11 is 1.36. The van der Waals surface area contributed by atoms with Crippen LogP contribution in [0.4, 0.5) is 0 Å². The molecular weight excluding hydrogens is 200 g/mol.